The van der Waals surface area contributed by atoms with Crippen LogP contribution < -0.4 is 10.2 Å². The van der Waals surface area contributed by atoms with Crippen molar-refractivity contribution in [2.45, 2.75) is 6.54 Å². The first kappa shape index (κ1) is 18.6. The van der Waals surface area contributed by atoms with Crippen LogP contribution in [-0.4, -0.2) is 58.3 Å². The van der Waals surface area contributed by atoms with Crippen molar-refractivity contribution in [3.63, 3.8) is 0 Å². The molecule has 0 atom stereocenters. The Hall–Kier alpha value is -3.45. The monoisotopic (exact) mass is 399 g/mol. The molecular formula is C23H25N7. The molecule has 2 aromatic carbocycles. The average Bonchev–Trinajstić information content (AvgIpc) is 3.33. The minimum Gasteiger partial charge on any atom is -0.369 e. The third kappa shape index (κ3) is 3.97. The number of nitrogens with one attached hydrogen (secondary N) is 2. The molecule has 1 aliphatic heterocycles. The molecule has 1 fully saturated rings. The molecule has 0 unspecified atom stereocenters. The van der Waals surface area contributed by atoms with Crippen molar-refractivity contribution in [2.24, 2.45) is 0 Å². The molecular weight excluding hydrogens is 374 g/mol. The van der Waals surface area contributed by atoms with E-state index in [2.05, 4.69) is 61.6 Å². The maximum atomic E-state index is 4.72. The van der Waals surface area contributed by atoms with Gasteiger partial charge in [-0.15, -0.1) is 0 Å². The van der Waals surface area contributed by atoms with Gasteiger partial charge in [0.05, 0.1) is 23.4 Å². The van der Waals surface area contributed by atoms with E-state index in [1.54, 1.807) is 12.4 Å². The Labute approximate surface area is 175 Å². The number of likely N-dealkylation sites (N-methyl/N-ethyl adjacent to an activating group) is 1. The van der Waals surface area contributed by atoms with E-state index in [4.69, 9.17) is 4.98 Å². The highest BCUT2D eigenvalue weighted by molar-refractivity contribution is 5.81. The van der Waals surface area contributed by atoms with E-state index < -0.39 is 0 Å². The normalized spacial score (nSPS) is 14.9. The number of anilines is 2. The lowest BCUT2D eigenvalue weighted by Gasteiger charge is -2.34. The summed E-state index contributed by atoms with van der Waals surface area (Å²) >= 11 is 0. The summed E-state index contributed by atoms with van der Waals surface area (Å²) in [6, 6.07) is 14.8. The predicted molar refractivity (Wildman–Crippen MR) is 121 cm³/mol. The van der Waals surface area contributed by atoms with Crippen molar-refractivity contribution < 1.29 is 0 Å². The third-order valence-electron chi connectivity index (χ3n) is 5.63. The fraction of sp³-hybridized carbons (Fsp3) is 0.261. The SMILES string of the molecule is CN1CCN(c2cccc(CNc3cnc4cc(-c5cn[nH]c5)ccc4n3)c2)CC1. The van der Waals surface area contributed by atoms with Gasteiger partial charge in [0.25, 0.3) is 0 Å². The summed E-state index contributed by atoms with van der Waals surface area (Å²) < 4.78 is 0. The van der Waals surface area contributed by atoms with Crippen molar-refractivity contribution in [1.82, 2.24) is 25.1 Å². The lowest BCUT2D eigenvalue weighted by molar-refractivity contribution is 0.313. The molecule has 0 amide bonds. The highest BCUT2D eigenvalue weighted by Gasteiger charge is 2.14. The topological polar surface area (TPSA) is 73.0 Å². The fourth-order valence-electron chi connectivity index (χ4n) is 3.80. The van der Waals surface area contributed by atoms with E-state index in [-0.39, 0.29) is 0 Å². The molecule has 30 heavy (non-hydrogen) atoms. The molecule has 0 aliphatic carbocycles. The molecule has 0 spiro atoms. The Kier molecular flexibility index (Phi) is 5.03. The molecule has 3 heterocycles. The van der Waals surface area contributed by atoms with E-state index in [0.29, 0.717) is 0 Å². The molecule has 7 heteroatoms. The number of nitrogens with zero attached hydrogens (tertiary/aromatic N) is 5. The molecule has 0 saturated carbocycles. The average molecular weight is 400 g/mol. The van der Waals surface area contributed by atoms with Crippen LogP contribution in [0.1, 0.15) is 5.56 Å². The van der Waals surface area contributed by atoms with E-state index in [1.165, 1.54) is 11.3 Å². The molecule has 2 aromatic heterocycles. The molecule has 0 radical (unpaired) electrons. The van der Waals surface area contributed by atoms with Crippen molar-refractivity contribution in [1.29, 1.82) is 0 Å². The number of benzene rings is 2. The predicted octanol–water partition coefficient (Wildman–Crippen LogP) is 3.38. The molecule has 1 saturated heterocycles. The summed E-state index contributed by atoms with van der Waals surface area (Å²) in [5, 5.41) is 10.3. The second kappa shape index (κ2) is 8.12. The van der Waals surface area contributed by atoms with E-state index >= 15 is 0 Å². The van der Waals surface area contributed by atoms with E-state index in [9.17, 15) is 0 Å². The smallest absolute Gasteiger partial charge is 0.145 e. The number of aromatic amines is 1. The van der Waals surface area contributed by atoms with Gasteiger partial charge >= 0.3 is 0 Å². The van der Waals surface area contributed by atoms with Gasteiger partial charge in [-0.1, -0.05) is 18.2 Å². The molecule has 5 rings (SSSR count). The Bertz CT molecular complexity index is 1130. The summed E-state index contributed by atoms with van der Waals surface area (Å²) in [7, 11) is 2.18. The standard InChI is InChI=1S/C23H25N7/c1-29-7-9-30(10-8-29)20-4-2-3-17(11-20)13-25-23-16-24-22-12-18(5-6-21(22)28-23)19-14-26-27-15-19/h2-6,11-12,14-16H,7-10,13H2,1H3,(H,25,28)(H,26,27). The van der Waals surface area contributed by atoms with Crippen molar-refractivity contribution in [3.8, 4) is 11.1 Å². The van der Waals surface area contributed by atoms with Crippen LogP contribution in [0.3, 0.4) is 0 Å². The van der Waals surface area contributed by atoms with Crippen LogP contribution in [-0.2, 0) is 6.54 Å². The van der Waals surface area contributed by atoms with Crippen LogP contribution in [0.5, 0.6) is 0 Å². The Balaban J connectivity index is 1.28. The van der Waals surface area contributed by atoms with E-state index in [1.807, 2.05) is 24.4 Å². The van der Waals surface area contributed by atoms with E-state index in [0.717, 1.165) is 60.7 Å². The second-order valence-electron chi connectivity index (χ2n) is 7.76. The highest BCUT2D eigenvalue weighted by atomic mass is 15.2. The van der Waals surface area contributed by atoms with Gasteiger partial charge in [0, 0.05) is 50.2 Å². The summed E-state index contributed by atoms with van der Waals surface area (Å²) in [6.07, 6.45) is 5.48. The molecule has 0 bridgehead atoms. The van der Waals surface area contributed by atoms with Crippen LogP contribution in [0.25, 0.3) is 22.2 Å². The molecule has 1 aliphatic rings. The maximum Gasteiger partial charge on any atom is 0.145 e. The minimum atomic E-state index is 0.717. The zero-order chi connectivity index (χ0) is 20.3. The first-order valence-corrected chi connectivity index (χ1v) is 10.3. The number of aromatic nitrogens is 4. The lowest BCUT2D eigenvalue weighted by atomic mass is 10.1. The van der Waals surface area contributed by atoms with Crippen molar-refractivity contribution >= 4 is 22.5 Å². The summed E-state index contributed by atoms with van der Waals surface area (Å²) in [5.41, 5.74) is 6.39. The first-order chi connectivity index (χ1) is 14.7. The number of hydrogen-bond donors (Lipinski definition) is 2. The zero-order valence-electron chi connectivity index (χ0n) is 17.0. The Morgan fingerprint density at radius 2 is 1.87 bits per heavy atom. The van der Waals surface area contributed by atoms with Crippen molar-refractivity contribution in [3.05, 3.63) is 66.6 Å². The lowest BCUT2D eigenvalue weighted by Crippen LogP contribution is -2.44. The molecule has 7 nitrogen and oxygen atoms in total. The number of hydrogen-bond acceptors (Lipinski definition) is 6. The molecule has 4 aromatic rings. The number of H-pyrrole nitrogens is 1. The van der Waals surface area contributed by atoms with Gasteiger partial charge in [-0.25, -0.2) is 4.98 Å². The Morgan fingerprint density at radius 1 is 0.967 bits per heavy atom. The van der Waals surface area contributed by atoms with Gasteiger partial charge in [0.1, 0.15) is 5.82 Å². The number of rotatable bonds is 5. The van der Waals surface area contributed by atoms with Crippen LogP contribution in [0, 0.1) is 0 Å². The summed E-state index contributed by atoms with van der Waals surface area (Å²) in [4.78, 5) is 14.1. The van der Waals surface area contributed by atoms with Crippen LogP contribution in [0.4, 0.5) is 11.5 Å². The highest BCUT2D eigenvalue weighted by Crippen LogP contribution is 2.23. The summed E-state index contributed by atoms with van der Waals surface area (Å²) in [5.74, 6) is 0.781. The number of piperazine rings is 1. The van der Waals surface area contributed by atoms with Crippen LogP contribution in [0.2, 0.25) is 0 Å². The van der Waals surface area contributed by atoms with Crippen LogP contribution in [0.15, 0.2) is 61.1 Å². The quantitative estimate of drug-likeness (QED) is 0.536. The minimum absolute atomic E-state index is 0.717. The van der Waals surface area contributed by atoms with Gasteiger partial charge in [-0.05, 0) is 42.4 Å². The van der Waals surface area contributed by atoms with Gasteiger partial charge in [0.15, 0.2) is 0 Å². The van der Waals surface area contributed by atoms with Gasteiger partial charge < -0.3 is 15.1 Å². The van der Waals surface area contributed by atoms with Gasteiger partial charge in [0.2, 0.25) is 0 Å². The second-order valence-corrected chi connectivity index (χ2v) is 7.76. The van der Waals surface area contributed by atoms with Gasteiger partial charge in [-0.3, -0.25) is 10.1 Å². The first-order valence-electron chi connectivity index (χ1n) is 10.3. The van der Waals surface area contributed by atoms with Crippen molar-refractivity contribution in [2.75, 3.05) is 43.4 Å². The van der Waals surface area contributed by atoms with Gasteiger partial charge in [-0.2, -0.15) is 5.10 Å². The third-order valence-corrected chi connectivity index (χ3v) is 5.63. The maximum absolute atomic E-state index is 4.72. The Morgan fingerprint density at radius 3 is 2.70 bits per heavy atom. The zero-order valence-corrected chi connectivity index (χ0v) is 17.0. The summed E-state index contributed by atoms with van der Waals surface area (Å²) in [6.45, 7) is 5.08. The largest absolute Gasteiger partial charge is 0.369 e. The number of fused-ring (bicyclic) bond motifs is 1. The molecule has 2 N–H and O–H groups in total. The van der Waals surface area contributed by atoms with Crippen LogP contribution >= 0.6 is 0 Å². The molecule has 152 valence electrons. The fourth-order valence-corrected chi connectivity index (χ4v) is 3.80.